The number of phenols is 1. The van der Waals surface area contributed by atoms with Gasteiger partial charge in [-0.3, -0.25) is 4.79 Å². The van der Waals surface area contributed by atoms with Gasteiger partial charge in [0, 0.05) is 12.8 Å². The van der Waals surface area contributed by atoms with E-state index < -0.39 is 5.97 Å². The maximum Gasteiger partial charge on any atom is 0.303 e. The number of benzene rings is 1. The Hall–Kier alpha value is -1.91. The van der Waals surface area contributed by atoms with Crippen molar-refractivity contribution in [3.05, 3.63) is 17.7 Å². The summed E-state index contributed by atoms with van der Waals surface area (Å²) in [4.78, 5) is 10.5. The van der Waals surface area contributed by atoms with Gasteiger partial charge >= 0.3 is 5.97 Å². The van der Waals surface area contributed by atoms with Gasteiger partial charge in [0.05, 0.1) is 13.2 Å². The maximum absolute atomic E-state index is 10.5. The molecule has 0 radical (unpaired) electrons. The van der Waals surface area contributed by atoms with E-state index >= 15 is 0 Å². The van der Waals surface area contributed by atoms with Crippen LogP contribution in [0.15, 0.2) is 12.1 Å². The molecule has 0 saturated carbocycles. The van der Waals surface area contributed by atoms with Crippen LogP contribution in [0, 0.1) is 0 Å². The summed E-state index contributed by atoms with van der Waals surface area (Å²) in [5, 5.41) is 18.6. The molecule has 1 aromatic rings. The van der Waals surface area contributed by atoms with E-state index in [0.29, 0.717) is 30.3 Å². The molecule has 0 unspecified atom stereocenters. The van der Waals surface area contributed by atoms with Gasteiger partial charge in [-0.2, -0.15) is 0 Å². The van der Waals surface area contributed by atoms with E-state index in [0.717, 1.165) is 6.42 Å². The quantitative estimate of drug-likeness (QED) is 0.835. The highest BCUT2D eigenvalue weighted by Gasteiger charge is 2.18. The van der Waals surface area contributed by atoms with Gasteiger partial charge < -0.3 is 19.7 Å². The number of rotatable bonds is 3. The Morgan fingerprint density at radius 3 is 2.82 bits per heavy atom. The van der Waals surface area contributed by atoms with Crippen molar-refractivity contribution in [2.24, 2.45) is 0 Å². The summed E-state index contributed by atoms with van der Waals surface area (Å²) in [7, 11) is 0. The number of carboxylic acids is 1. The van der Waals surface area contributed by atoms with Crippen molar-refractivity contribution in [1.29, 1.82) is 0 Å². The molecule has 0 amide bonds. The molecule has 17 heavy (non-hydrogen) atoms. The maximum atomic E-state index is 10.5. The van der Waals surface area contributed by atoms with Crippen LogP contribution in [0.4, 0.5) is 0 Å². The van der Waals surface area contributed by atoms with Crippen LogP contribution < -0.4 is 9.47 Å². The highest BCUT2D eigenvalue weighted by molar-refractivity contribution is 5.67. The minimum atomic E-state index is -0.892. The van der Waals surface area contributed by atoms with E-state index in [2.05, 4.69) is 0 Å². The number of fused-ring (bicyclic) bond motifs is 1. The molecule has 1 aromatic carbocycles. The molecule has 0 spiro atoms. The van der Waals surface area contributed by atoms with Gasteiger partial charge in [0.25, 0.3) is 0 Å². The molecule has 0 atom stereocenters. The Morgan fingerprint density at radius 2 is 2.06 bits per heavy atom. The van der Waals surface area contributed by atoms with Crippen LogP contribution in [0.3, 0.4) is 0 Å². The Morgan fingerprint density at radius 1 is 1.29 bits per heavy atom. The highest BCUT2D eigenvalue weighted by atomic mass is 16.5. The number of aryl methyl sites for hydroxylation is 1. The molecule has 0 fully saturated rings. The van der Waals surface area contributed by atoms with Crippen molar-refractivity contribution < 1.29 is 24.5 Å². The lowest BCUT2D eigenvalue weighted by Gasteiger charge is -2.11. The van der Waals surface area contributed by atoms with E-state index in [1.165, 1.54) is 0 Å². The number of ether oxygens (including phenoxy) is 2. The smallest absolute Gasteiger partial charge is 0.303 e. The van der Waals surface area contributed by atoms with Gasteiger partial charge in [-0.15, -0.1) is 0 Å². The summed E-state index contributed by atoms with van der Waals surface area (Å²) in [5.41, 5.74) is 0.566. The minimum Gasteiger partial charge on any atom is -0.504 e. The van der Waals surface area contributed by atoms with Crippen molar-refractivity contribution in [3.8, 4) is 17.2 Å². The van der Waals surface area contributed by atoms with Gasteiger partial charge in [0.2, 0.25) is 5.75 Å². The Labute approximate surface area is 98.6 Å². The second kappa shape index (κ2) is 4.95. The molecule has 2 N–H and O–H groups in total. The number of carboxylic acid groups (broad SMARTS) is 1. The number of aromatic hydroxyl groups is 1. The van der Waals surface area contributed by atoms with Crippen molar-refractivity contribution >= 4 is 5.97 Å². The normalized spacial score (nSPS) is 14.1. The van der Waals surface area contributed by atoms with E-state index in [1.807, 2.05) is 0 Å². The number of carbonyl (C=O) groups is 1. The molecule has 92 valence electrons. The van der Waals surface area contributed by atoms with Crippen molar-refractivity contribution in [2.45, 2.75) is 19.3 Å². The van der Waals surface area contributed by atoms with Crippen molar-refractivity contribution in [1.82, 2.24) is 0 Å². The van der Waals surface area contributed by atoms with Gasteiger partial charge in [-0.25, -0.2) is 0 Å². The molecule has 0 aliphatic carbocycles. The van der Waals surface area contributed by atoms with E-state index in [-0.39, 0.29) is 18.6 Å². The lowest BCUT2D eigenvalue weighted by molar-refractivity contribution is -0.136. The van der Waals surface area contributed by atoms with E-state index in [4.69, 9.17) is 14.6 Å². The van der Waals surface area contributed by atoms with Crippen LogP contribution in [0.25, 0.3) is 0 Å². The predicted octanol–water partition coefficient (Wildman–Crippen LogP) is 1.57. The van der Waals surface area contributed by atoms with Crippen LogP contribution in [0.1, 0.15) is 18.4 Å². The van der Waals surface area contributed by atoms with Crippen LogP contribution in [-0.2, 0) is 11.2 Å². The molecule has 2 rings (SSSR count). The molecular formula is C12H14O5. The molecular weight excluding hydrogens is 224 g/mol. The first-order chi connectivity index (χ1) is 8.18. The standard InChI is InChI=1S/C12H14O5/c13-10(14)5-3-8-2-4-9-12(11(8)15)17-7-1-6-16-9/h2,4,15H,1,3,5-7H2,(H,13,14). The Balaban J connectivity index is 2.24. The molecule has 1 aliphatic heterocycles. The summed E-state index contributed by atoms with van der Waals surface area (Å²) in [6.07, 6.45) is 1.02. The van der Waals surface area contributed by atoms with E-state index in [9.17, 15) is 9.90 Å². The number of hydrogen-bond donors (Lipinski definition) is 2. The fraction of sp³-hybridized carbons (Fsp3) is 0.417. The first-order valence-corrected chi connectivity index (χ1v) is 5.50. The third-order valence-corrected chi connectivity index (χ3v) is 2.58. The van der Waals surface area contributed by atoms with Crippen LogP contribution in [-0.4, -0.2) is 29.4 Å². The summed E-state index contributed by atoms with van der Waals surface area (Å²) in [6.45, 7) is 1.05. The fourth-order valence-corrected chi connectivity index (χ4v) is 1.71. The minimum absolute atomic E-state index is 0.00866. The average Bonchev–Trinajstić information content (AvgIpc) is 2.53. The molecule has 1 aliphatic rings. The van der Waals surface area contributed by atoms with Crippen LogP contribution >= 0.6 is 0 Å². The van der Waals surface area contributed by atoms with Crippen LogP contribution in [0.5, 0.6) is 17.2 Å². The van der Waals surface area contributed by atoms with Crippen molar-refractivity contribution in [3.63, 3.8) is 0 Å². The highest BCUT2D eigenvalue weighted by Crippen LogP contribution is 2.40. The zero-order valence-corrected chi connectivity index (χ0v) is 9.31. The number of aliphatic carboxylic acids is 1. The van der Waals surface area contributed by atoms with Gasteiger partial charge in [0.15, 0.2) is 11.5 Å². The zero-order chi connectivity index (χ0) is 12.3. The summed E-state index contributed by atoms with van der Waals surface area (Å²) in [6, 6.07) is 3.38. The lowest BCUT2D eigenvalue weighted by Crippen LogP contribution is -1.99. The third-order valence-electron chi connectivity index (χ3n) is 2.58. The fourth-order valence-electron chi connectivity index (χ4n) is 1.71. The molecule has 0 bridgehead atoms. The second-order valence-electron chi connectivity index (χ2n) is 3.84. The molecule has 0 saturated heterocycles. The van der Waals surface area contributed by atoms with E-state index in [1.54, 1.807) is 12.1 Å². The summed E-state index contributed by atoms with van der Waals surface area (Å²) in [5.74, 6) is -0.0633. The first kappa shape index (κ1) is 11.6. The third kappa shape index (κ3) is 2.61. The zero-order valence-electron chi connectivity index (χ0n) is 9.31. The Bertz CT molecular complexity index is 427. The predicted molar refractivity (Wildman–Crippen MR) is 59.7 cm³/mol. The molecule has 1 heterocycles. The molecule has 5 nitrogen and oxygen atoms in total. The number of hydrogen-bond acceptors (Lipinski definition) is 4. The van der Waals surface area contributed by atoms with Gasteiger partial charge in [-0.05, 0) is 18.1 Å². The molecule has 0 aromatic heterocycles. The van der Waals surface area contributed by atoms with Gasteiger partial charge in [-0.1, -0.05) is 6.07 Å². The van der Waals surface area contributed by atoms with Gasteiger partial charge in [0.1, 0.15) is 0 Å². The van der Waals surface area contributed by atoms with Crippen LogP contribution in [0.2, 0.25) is 0 Å². The largest absolute Gasteiger partial charge is 0.504 e. The number of phenolic OH excluding ortho intramolecular Hbond substituents is 1. The SMILES string of the molecule is O=C(O)CCc1ccc2c(c1O)OCCCO2. The monoisotopic (exact) mass is 238 g/mol. The summed E-state index contributed by atoms with van der Waals surface area (Å²) < 4.78 is 10.8. The Kier molecular flexibility index (Phi) is 3.37. The average molecular weight is 238 g/mol. The summed E-state index contributed by atoms with van der Waals surface area (Å²) >= 11 is 0. The first-order valence-electron chi connectivity index (χ1n) is 5.50. The van der Waals surface area contributed by atoms with Crippen molar-refractivity contribution in [2.75, 3.05) is 13.2 Å². The topological polar surface area (TPSA) is 76.0 Å². The second-order valence-corrected chi connectivity index (χ2v) is 3.84. The lowest BCUT2D eigenvalue weighted by atomic mass is 10.1. The molecule has 5 heteroatoms.